The smallest absolute Gasteiger partial charge is 0.410 e. The minimum absolute atomic E-state index is 0.0887. The van der Waals surface area contributed by atoms with Gasteiger partial charge in [0.15, 0.2) is 0 Å². The standard InChI is InChI=1S/C19H26ClNO4/c1-13-5-6-14(11-15(13)20)19(12-16(22)23)7-9-21(10-8-19)17(24)25-18(2,3)4/h5-6,11H,7-10,12H2,1-4H3,(H,22,23)/p-1. The molecule has 138 valence electrons. The van der Waals surface area contributed by atoms with Crippen LogP contribution in [0.3, 0.4) is 0 Å². The van der Waals surface area contributed by atoms with E-state index in [1.807, 2.05) is 45.9 Å². The number of benzene rings is 1. The van der Waals surface area contributed by atoms with Gasteiger partial charge in [-0.05, 0) is 64.2 Å². The third kappa shape index (κ3) is 4.88. The summed E-state index contributed by atoms with van der Waals surface area (Å²) >= 11 is 6.24. The fraction of sp³-hybridized carbons (Fsp3) is 0.579. The van der Waals surface area contributed by atoms with Gasteiger partial charge in [-0.3, -0.25) is 0 Å². The third-order valence-electron chi connectivity index (χ3n) is 4.64. The largest absolute Gasteiger partial charge is 0.550 e. The molecule has 0 saturated carbocycles. The molecule has 0 radical (unpaired) electrons. The highest BCUT2D eigenvalue weighted by molar-refractivity contribution is 6.31. The summed E-state index contributed by atoms with van der Waals surface area (Å²) in [4.78, 5) is 25.2. The van der Waals surface area contributed by atoms with Gasteiger partial charge in [-0.2, -0.15) is 0 Å². The second kappa shape index (κ2) is 7.24. The Hall–Kier alpha value is -1.75. The topological polar surface area (TPSA) is 69.7 Å². The average Bonchev–Trinajstić information content (AvgIpc) is 2.48. The zero-order valence-corrected chi connectivity index (χ0v) is 16.0. The van der Waals surface area contributed by atoms with Crippen molar-refractivity contribution in [3.8, 4) is 0 Å². The van der Waals surface area contributed by atoms with Gasteiger partial charge in [-0.1, -0.05) is 23.7 Å². The number of piperidine rings is 1. The van der Waals surface area contributed by atoms with E-state index in [0.717, 1.165) is 11.1 Å². The highest BCUT2D eigenvalue weighted by Crippen LogP contribution is 2.40. The van der Waals surface area contributed by atoms with Crippen molar-refractivity contribution in [2.45, 2.75) is 58.0 Å². The number of carboxylic acids is 1. The first kappa shape index (κ1) is 19.6. The predicted octanol–water partition coefficient (Wildman–Crippen LogP) is 3.06. The molecule has 25 heavy (non-hydrogen) atoms. The Morgan fingerprint density at radius 3 is 2.36 bits per heavy atom. The molecule has 1 saturated heterocycles. The molecule has 1 aromatic carbocycles. The molecule has 2 rings (SSSR count). The van der Waals surface area contributed by atoms with Gasteiger partial charge in [0.25, 0.3) is 0 Å². The van der Waals surface area contributed by atoms with Gasteiger partial charge in [-0.15, -0.1) is 0 Å². The van der Waals surface area contributed by atoms with Crippen LogP contribution in [0.5, 0.6) is 0 Å². The maximum atomic E-state index is 12.2. The molecule has 6 heteroatoms. The molecule has 1 amide bonds. The summed E-state index contributed by atoms with van der Waals surface area (Å²) in [6, 6.07) is 5.66. The minimum Gasteiger partial charge on any atom is -0.550 e. The van der Waals surface area contributed by atoms with Crippen molar-refractivity contribution in [2.24, 2.45) is 0 Å². The quantitative estimate of drug-likeness (QED) is 0.824. The Morgan fingerprint density at radius 1 is 1.28 bits per heavy atom. The molecular formula is C19H25ClNO4-. The van der Waals surface area contributed by atoms with Crippen molar-refractivity contribution < 1.29 is 19.4 Å². The number of carbonyl (C=O) groups excluding carboxylic acids is 2. The normalized spacial score (nSPS) is 17.2. The van der Waals surface area contributed by atoms with E-state index in [4.69, 9.17) is 16.3 Å². The van der Waals surface area contributed by atoms with Gasteiger partial charge in [0.1, 0.15) is 5.60 Å². The minimum atomic E-state index is -1.09. The number of nitrogens with zero attached hydrogens (tertiary/aromatic N) is 1. The number of aliphatic carboxylic acids is 1. The van der Waals surface area contributed by atoms with E-state index in [1.165, 1.54) is 0 Å². The number of ether oxygens (including phenoxy) is 1. The Balaban J connectivity index is 2.20. The zero-order chi connectivity index (χ0) is 18.8. The number of carboxylic acid groups (broad SMARTS) is 1. The number of hydrogen-bond acceptors (Lipinski definition) is 4. The van der Waals surface area contributed by atoms with Crippen molar-refractivity contribution in [1.29, 1.82) is 0 Å². The van der Waals surface area contributed by atoms with Crippen LogP contribution in [-0.2, 0) is 14.9 Å². The molecule has 0 unspecified atom stereocenters. The first-order valence-electron chi connectivity index (χ1n) is 8.47. The molecule has 5 nitrogen and oxygen atoms in total. The van der Waals surface area contributed by atoms with Crippen LogP contribution in [0, 0.1) is 6.92 Å². The summed E-state index contributed by atoms with van der Waals surface area (Å²) < 4.78 is 5.40. The van der Waals surface area contributed by atoms with Crippen LogP contribution in [-0.4, -0.2) is 35.7 Å². The van der Waals surface area contributed by atoms with Crippen LogP contribution in [0.4, 0.5) is 4.79 Å². The van der Waals surface area contributed by atoms with Gasteiger partial charge < -0.3 is 19.5 Å². The van der Waals surface area contributed by atoms with Gasteiger partial charge >= 0.3 is 6.09 Å². The van der Waals surface area contributed by atoms with Crippen molar-refractivity contribution in [3.63, 3.8) is 0 Å². The summed E-state index contributed by atoms with van der Waals surface area (Å²) in [5, 5.41) is 12.0. The number of likely N-dealkylation sites (tertiary alicyclic amines) is 1. The summed E-state index contributed by atoms with van der Waals surface area (Å²) in [6.07, 6.45) is 0.602. The molecule has 0 N–H and O–H groups in total. The van der Waals surface area contributed by atoms with Crippen molar-refractivity contribution in [2.75, 3.05) is 13.1 Å². The van der Waals surface area contributed by atoms with E-state index >= 15 is 0 Å². The first-order chi connectivity index (χ1) is 11.5. The van der Waals surface area contributed by atoms with Crippen LogP contribution in [0.15, 0.2) is 18.2 Å². The Kier molecular flexibility index (Phi) is 5.67. The Bertz CT molecular complexity index is 658. The molecule has 1 aliphatic rings. The van der Waals surface area contributed by atoms with E-state index in [9.17, 15) is 14.7 Å². The molecule has 1 aliphatic heterocycles. The van der Waals surface area contributed by atoms with Crippen molar-refractivity contribution >= 4 is 23.7 Å². The number of rotatable bonds is 3. The SMILES string of the molecule is Cc1ccc(C2(CC(=O)[O-])CCN(C(=O)OC(C)(C)C)CC2)cc1Cl. The number of aryl methyl sites for hydroxylation is 1. The second-order valence-corrected chi connectivity index (χ2v) is 8.17. The zero-order valence-electron chi connectivity index (χ0n) is 15.2. The van der Waals surface area contributed by atoms with E-state index in [1.54, 1.807) is 4.90 Å². The van der Waals surface area contributed by atoms with E-state index in [2.05, 4.69) is 0 Å². The van der Waals surface area contributed by atoms with E-state index < -0.39 is 17.0 Å². The Morgan fingerprint density at radius 2 is 1.88 bits per heavy atom. The number of halogens is 1. The molecule has 0 bridgehead atoms. The fourth-order valence-corrected chi connectivity index (χ4v) is 3.39. The monoisotopic (exact) mass is 366 g/mol. The van der Waals surface area contributed by atoms with Crippen LogP contribution < -0.4 is 5.11 Å². The molecule has 1 fully saturated rings. The summed E-state index contributed by atoms with van der Waals surface area (Å²) in [6.45, 7) is 8.25. The summed E-state index contributed by atoms with van der Waals surface area (Å²) in [5.74, 6) is -1.09. The van der Waals surface area contributed by atoms with Crippen molar-refractivity contribution in [3.05, 3.63) is 34.3 Å². The lowest BCUT2D eigenvalue weighted by Crippen LogP contribution is -2.48. The highest BCUT2D eigenvalue weighted by atomic mass is 35.5. The fourth-order valence-electron chi connectivity index (χ4n) is 3.21. The van der Waals surface area contributed by atoms with Crippen LogP contribution >= 0.6 is 11.6 Å². The molecule has 0 aromatic heterocycles. The van der Waals surface area contributed by atoms with E-state index in [0.29, 0.717) is 31.0 Å². The van der Waals surface area contributed by atoms with Gasteiger partial charge in [0.2, 0.25) is 0 Å². The number of carbonyl (C=O) groups is 2. The lowest BCUT2D eigenvalue weighted by molar-refractivity contribution is -0.307. The maximum absolute atomic E-state index is 12.2. The van der Waals surface area contributed by atoms with Crippen LogP contribution in [0.1, 0.15) is 51.2 Å². The van der Waals surface area contributed by atoms with Gasteiger partial charge in [0.05, 0.1) is 0 Å². The van der Waals surface area contributed by atoms with Crippen molar-refractivity contribution in [1.82, 2.24) is 4.90 Å². The van der Waals surface area contributed by atoms with Gasteiger partial charge in [-0.25, -0.2) is 4.79 Å². The van der Waals surface area contributed by atoms with Crippen LogP contribution in [0.2, 0.25) is 5.02 Å². The predicted molar refractivity (Wildman–Crippen MR) is 94.5 cm³/mol. The van der Waals surface area contributed by atoms with Gasteiger partial charge in [0, 0.05) is 29.5 Å². The van der Waals surface area contributed by atoms with E-state index in [-0.39, 0.29) is 12.5 Å². The number of amides is 1. The van der Waals surface area contributed by atoms with Crippen LogP contribution in [0.25, 0.3) is 0 Å². The lowest BCUT2D eigenvalue weighted by Gasteiger charge is -2.43. The molecular weight excluding hydrogens is 342 g/mol. The number of hydrogen-bond donors (Lipinski definition) is 0. The first-order valence-corrected chi connectivity index (χ1v) is 8.85. The lowest BCUT2D eigenvalue weighted by atomic mass is 9.70. The average molecular weight is 367 g/mol. The molecule has 0 aliphatic carbocycles. The summed E-state index contributed by atoms with van der Waals surface area (Å²) in [5.41, 5.74) is 0.701. The second-order valence-electron chi connectivity index (χ2n) is 7.76. The summed E-state index contributed by atoms with van der Waals surface area (Å²) in [7, 11) is 0. The Labute approximate surface area is 153 Å². The third-order valence-corrected chi connectivity index (χ3v) is 5.05. The molecule has 1 heterocycles. The highest BCUT2D eigenvalue weighted by Gasteiger charge is 2.38. The molecule has 0 spiro atoms. The molecule has 1 aromatic rings. The molecule has 0 atom stereocenters. The maximum Gasteiger partial charge on any atom is 0.410 e.